The minimum atomic E-state index is -0.968. The first-order chi connectivity index (χ1) is 12.5. The number of nitrogens with zero attached hydrogens (tertiary/aromatic N) is 1. The highest BCUT2D eigenvalue weighted by Gasteiger charge is 2.17. The molecule has 7 heteroatoms. The number of aromatic nitrogens is 1. The van der Waals surface area contributed by atoms with Crippen LogP contribution in [0, 0.1) is 0 Å². The number of halogens is 1. The molecule has 0 aliphatic heterocycles. The van der Waals surface area contributed by atoms with Gasteiger partial charge in [-0.05, 0) is 49.8 Å². The Labute approximate surface area is 156 Å². The Kier molecular flexibility index (Phi) is 7.17. The fourth-order valence-corrected chi connectivity index (χ4v) is 2.06. The van der Waals surface area contributed by atoms with Crippen molar-refractivity contribution in [3.8, 4) is 5.75 Å². The van der Waals surface area contributed by atoms with Gasteiger partial charge in [-0.1, -0.05) is 23.7 Å². The second kappa shape index (κ2) is 9.58. The van der Waals surface area contributed by atoms with Gasteiger partial charge in [0.05, 0.1) is 11.6 Å². The van der Waals surface area contributed by atoms with Gasteiger partial charge in [0.1, 0.15) is 11.6 Å². The van der Waals surface area contributed by atoms with Gasteiger partial charge < -0.3 is 14.8 Å². The van der Waals surface area contributed by atoms with Crippen LogP contribution in [0.1, 0.15) is 19.4 Å². The number of nitrogens with one attached hydrogen (secondary N) is 1. The smallest absolute Gasteiger partial charge is 0.331 e. The third-order valence-electron chi connectivity index (χ3n) is 3.24. The fourth-order valence-electron chi connectivity index (χ4n) is 1.95. The zero-order chi connectivity index (χ0) is 18.9. The molecule has 0 unspecified atom stereocenters. The number of esters is 1. The van der Waals surface area contributed by atoms with Crippen LogP contribution in [0.25, 0.3) is 6.08 Å². The Bertz CT molecular complexity index is 773. The first kappa shape index (κ1) is 19.5. The number of hydrogen-bond acceptors (Lipinski definition) is 5. The lowest BCUT2D eigenvalue weighted by Crippen LogP contribution is -2.29. The largest absolute Gasteiger partial charge is 0.494 e. The summed E-state index contributed by atoms with van der Waals surface area (Å²) in [6.07, 6.45) is 3.31. The van der Waals surface area contributed by atoms with Crippen molar-refractivity contribution in [2.45, 2.75) is 20.0 Å². The molecule has 136 valence electrons. The summed E-state index contributed by atoms with van der Waals surface area (Å²) in [5.41, 5.74) is 0.813. The minimum absolute atomic E-state index is 0.326. The summed E-state index contributed by atoms with van der Waals surface area (Å²) in [7, 11) is 0. The maximum atomic E-state index is 12.0. The maximum absolute atomic E-state index is 12.0. The first-order valence-corrected chi connectivity index (χ1v) is 8.39. The van der Waals surface area contributed by atoms with Crippen LogP contribution < -0.4 is 10.1 Å². The van der Waals surface area contributed by atoms with Gasteiger partial charge in [-0.2, -0.15) is 0 Å². The highest BCUT2D eigenvalue weighted by atomic mass is 35.5. The molecule has 2 rings (SSSR count). The standard InChI is InChI=1S/C19H19ClN2O4/c1-3-25-16-8-4-14(5-9-16)6-11-18(23)26-13(2)19(24)22-17-10-7-15(20)12-21-17/h4-13H,3H2,1-2H3,(H,21,22,24)/b11-6+/t13-/m1/s1. The van der Waals surface area contributed by atoms with Crippen LogP contribution >= 0.6 is 11.6 Å². The molecule has 0 spiro atoms. The van der Waals surface area contributed by atoms with E-state index in [4.69, 9.17) is 21.1 Å². The zero-order valence-electron chi connectivity index (χ0n) is 14.4. The predicted octanol–water partition coefficient (Wildman–Crippen LogP) is 3.72. The summed E-state index contributed by atoms with van der Waals surface area (Å²) in [5.74, 6) is -0.0196. The normalized spacial score (nSPS) is 11.8. The Morgan fingerprint density at radius 1 is 1.23 bits per heavy atom. The molecule has 1 amide bonds. The molecule has 26 heavy (non-hydrogen) atoms. The van der Waals surface area contributed by atoms with E-state index in [2.05, 4.69) is 10.3 Å². The number of carbonyl (C=O) groups is 2. The van der Waals surface area contributed by atoms with E-state index >= 15 is 0 Å². The van der Waals surface area contributed by atoms with Gasteiger partial charge in [-0.3, -0.25) is 4.79 Å². The lowest BCUT2D eigenvalue weighted by Gasteiger charge is -2.11. The number of pyridine rings is 1. The Hall–Kier alpha value is -2.86. The molecule has 1 atom stereocenters. The second-order valence-electron chi connectivity index (χ2n) is 5.27. The molecule has 0 aliphatic rings. The Balaban J connectivity index is 1.85. The minimum Gasteiger partial charge on any atom is -0.494 e. The molecule has 0 saturated carbocycles. The number of amides is 1. The predicted molar refractivity (Wildman–Crippen MR) is 100 cm³/mol. The molecule has 0 aliphatic carbocycles. The highest BCUT2D eigenvalue weighted by Crippen LogP contribution is 2.13. The summed E-state index contributed by atoms with van der Waals surface area (Å²) >= 11 is 5.73. The molecule has 1 aromatic heterocycles. The quantitative estimate of drug-likeness (QED) is 0.590. The van der Waals surface area contributed by atoms with Crippen LogP contribution in [-0.2, 0) is 14.3 Å². The highest BCUT2D eigenvalue weighted by molar-refractivity contribution is 6.30. The molecule has 0 radical (unpaired) electrons. The molecule has 1 heterocycles. The maximum Gasteiger partial charge on any atom is 0.331 e. The Morgan fingerprint density at radius 2 is 1.96 bits per heavy atom. The number of ether oxygens (including phenoxy) is 2. The van der Waals surface area contributed by atoms with E-state index in [1.54, 1.807) is 18.2 Å². The first-order valence-electron chi connectivity index (χ1n) is 8.02. The fraction of sp³-hybridized carbons (Fsp3) is 0.211. The van der Waals surface area contributed by atoms with Crippen LogP contribution in [0.3, 0.4) is 0 Å². The number of hydrogen-bond donors (Lipinski definition) is 1. The van der Waals surface area contributed by atoms with E-state index in [-0.39, 0.29) is 0 Å². The van der Waals surface area contributed by atoms with Crippen molar-refractivity contribution in [1.29, 1.82) is 0 Å². The molecule has 6 nitrogen and oxygen atoms in total. The van der Waals surface area contributed by atoms with E-state index in [9.17, 15) is 9.59 Å². The summed E-state index contributed by atoms with van der Waals surface area (Å²) in [6, 6.07) is 10.4. The topological polar surface area (TPSA) is 77.5 Å². The summed E-state index contributed by atoms with van der Waals surface area (Å²) in [6.45, 7) is 3.98. The van der Waals surface area contributed by atoms with Crippen LogP contribution in [0.2, 0.25) is 5.02 Å². The van der Waals surface area contributed by atoms with E-state index in [0.29, 0.717) is 17.4 Å². The number of anilines is 1. The van der Waals surface area contributed by atoms with Crippen LogP contribution in [0.15, 0.2) is 48.7 Å². The third kappa shape index (κ3) is 6.22. The van der Waals surface area contributed by atoms with Crippen molar-refractivity contribution in [1.82, 2.24) is 4.98 Å². The van der Waals surface area contributed by atoms with Crippen LogP contribution in [-0.4, -0.2) is 29.6 Å². The average Bonchev–Trinajstić information content (AvgIpc) is 2.63. The van der Waals surface area contributed by atoms with Gasteiger partial charge in [0, 0.05) is 12.3 Å². The molecule has 0 saturated heterocycles. The monoisotopic (exact) mass is 374 g/mol. The lowest BCUT2D eigenvalue weighted by atomic mass is 10.2. The molecular weight excluding hydrogens is 356 g/mol. The number of rotatable bonds is 7. The van der Waals surface area contributed by atoms with E-state index in [1.807, 2.05) is 31.2 Å². The van der Waals surface area contributed by atoms with Crippen molar-refractivity contribution in [3.63, 3.8) is 0 Å². The van der Waals surface area contributed by atoms with Crippen LogP contribution in [0.4, 0.5) is 5.82 Å². The lowest BCUT2D eigenvalue weighted by molar-refractivity contribution is -0.148. The SMILES string of the molecule is CCOc1ccc(/C=C/C(=O)O[C@H](C)C(=O)Nc2ccc(Cl)cn2)cc1. The van der Waals surface area contributed by atoms with E-state index in [0.717, 1.165) is 11.3 Å². The molecular formula is C19H19ClN2O4. The van der Waals surface area contributed by atoms with Crippen LogP contribution in [0.5, 0.6) is 5.75 Å². The zero-order valence-corrected chi connectivity index (χ0v) is 15.2. The van der Waals surface area contributed by atoms with Crippen molar-refractivity contribution >= 4 is 35.4 Å². The summed E-state index contributed by atoms with van der Waals surface area (Å²) in [4.78, 5) is 27.8. The molecule has 0 fully saturated rings. The number of carbonyl (C=O) groups excluding carboxylic acids is 2. The van der Waals surface area contributed by atoms with Gasteiger partial charge in [-0.25, -0.2) is 9.78 Å². The molecule has 0 bridgehead atoms. The molecule has 1 aromatic carbocycles. The summed E-state index contributed by atoms with van der Waals surface area (Å²) < 4.78 is 10.4. The molecule has 1 N–H and O–H groups in total. The van der Waals surface area contributed by atoms with Crippen molar-refractivity contribution in [2.75, 3.05) is 11.9 Å². The number of benzene rings is 1. The van der Waals surface area contributed by atoms with Crippen molar-refractivity contribution in [3.05, 3.63) is 59.3 Å². The summed E-state index contributed by atoms with van der Waals surface area (Å²) in [5, 5.41) is 3.00. The third-order valence-corrected chi connectivity index (χ3v) is 3.47. The Morgan fingerprint density at radius 3 is 2.58 bits per heavy atom. The average molecular weight is 375 g/mol. The van der Waals surface area contributed by atoms with Gasteiger partial charge in [0.2, 0.25) is 0 Å². The van der Waals surface area contributed by atoms with E-state index < -0.39 is 18.0 Å². The van der Waals surface area contributed by atoms with Crippen molar-refractivity contribution < 1.29 is 19.1 Å². The van der Waals surface area contributed by atoms with E-state index in [1.165, 1.54) is 19.2 Å². The van der Waals surface area contributed by atoms with Gasteiger partial charge >= 0.3 is 5.97 Å². The van der Waals surface area contributed by atoms with Gasteiger partial charge in [-0.15, -0.1) is 0 Å². The van der Waals surface area contributed by atoms with Gasteiger partial charge in [0.15, 0.2) is 6.10 Å². The van der Waals surface area contributed by atoms with Gasteiger partial charge in [0.25, 0.3) is 5.91 Å². The molecule has 2 aromatic rings. The van der Waals surface area contributed by atoms with Crippen molar-refractivity contribution in [2.24, 2.45) is 0 Å². The second-order valence-corrected chi connectivity index (χ2v) is 5.70.